The van der Waals surface area contributed by atoms with E-state index >= 15 is 0 Å². The fourth-order valence-electron chi connectivity index (χ4n) is 1.89. The number of carboxylic acid groups (broad SMARTS) is 1. The lowest BCUT2D eigenvalue weighted by molar-refractivity contribution is -0.139. The van der Waals surface area contributed by atoms with Crippen molar-refractivity contribution in [3.63, 3.8) is 0 Å². The number of hydrogen-bond acceptors (Lipinski definition) is 3. The van der Waals surface area contributed by atoms with Gasteiger partial charge in [-0.25, -0.2) is 4.79 Å². The number of hydrogen-bond donors (Lipinski definition) is 1. The van der Waals surface area contributed by atoms with Gasteiger partial charge in [0.2, 0.25) is 0 Å². The van der Waals surface area contributed by atoms with E-state index in [9.17, 15) is 4.79 Å². The van der Waals surface area contributed by atoms with Gasteiger partial charge < -0.3 is 9.84 Å². The standard InChI is InChI=1S/C17H15Br2NO3/c1-2-11-3-5-13(6-4-11)20-9-12-7-14(18)17(15(19)8-12)23-10-16(21)22/h3-9H,2,10H2,1H3,(H,21,22). The van der Waals surface area contributed by atoms with E-state index in [0.29, 0.717) is 14.7 Å². The minimum atomic E-state index is -1.02. The van der Waals surface area contributed by atoms with E-state index in [2.05, 4.69) is 55.9 Å². The van der Waals surface area contributed by atoms with Crippen LogP contribution in [0.5, 0.6) is 5.75 Å². The number of carbonyl (C=O) groups is 1. The molecule has 2 rings (SSSR count). The third kappa shape index (κ3) is 5.18. The molecule has 0 heterocycles. The zero-order valence-corrected chi connectivity index (χ0v) is 15.6. The van der Waals surface area contributed by atoms with E-state index in [1.807, 2.05) is 24.3 Å². The third-order valence-electron chi connectivity index (χ3n) is 3.07. The van der Waals surface area contributed by atoms with Crippen LogP contribution >= 0.6 is 31.9 Å². The lowest BCUT2D eigenvalue weighted by Crippen LogP contribution is -2.10. The Balaban J connectivity index is 2.16. The Morgan fingerprint density at radius 1 is 1.22 bits per heavy atom. The Morgan fingerprint density at radius 3 is 2.35 bits per heavy atom. The molecule has 0 unspecified atom stereocenters. The summed E-state index contributed by atoms with van der Waals surface area (Å²) in [5, 5.41) is 8.68. The number of aliphatic carboxylic acids is 1. The van der Waals surface area contributed by atoms with Crippen molar-refractivity contribution in [3.8, 4) is 5.75 Å². The summed E-state index contributed by atoms with van der Waals surface area (Å²) in [5.74, 6) is -0.568. The summed E-state index contributed by atoms with van der Waals surface area (Å²) in [6.07, 6.45) is 2.75. The highest BCUT2D eigenvalue weighted by Crippen LogP contribution is 2.34. The van der Waals surface area contributed by atoms with Crippen molar-refractivity contribution in [2.24, 2.45) is 4.99 Å². The maximum atomic E-state index is 10.6. The van der Waals surface area contributed by atoms with Crippen molar-refractivity contribution in [2.45, 2.75) is 13.3 Å². The fraction of sp³-hybridized carbons (Fsp3) is 0.176. The number of aliphatic imine (C=N–C) groups is 1. The van der Waals surface area contributed by atoms with Gasteiger partial charge in [0, 0.05) is 6.21 Å². The number of benzene rings is 2. The zero-order chi connectivity index (χ0) is 16.8. The normalized spacial score (nSPS) is 10.9. The van der Waals surface area contributed by atoms with Crippen LogP contribution in [-0.2, 0) is 11.2 Å². The molecule has 0 bridgehead atoms. The average molecular weight is 441 g/mol. The van der Waals surface area contributed by atoms with E-state index in [-0.39, 0.29) is 0 Å². The highest BCUT2D eigenvalue weighted by molar-refractivity contribution is 9.11. The summed E-state index contributed by atoms with van der Waals surface area (Å²) in [6, 6.07) is 11.7. The molecule has 6 heteroatoms. The van der Waals surface area contributed by atoms with E-state index in [0.717, 1.165) is 17.7 Å². The van der Waals surface area contributed by atoms with E-state index < -0.39 is 12.6 Å². The minimum absolute atomic E-state index is 0.394. The van der Waals surface area contributed by atoms with Crippen molar-refractivity contribution < 1.29 is 14.6 Å². The molecule has 2 aromatic carbocycles. The Bertz CT molecular complexity index is 704. The molecule has 23 heavy (non-hydrogen) atoms. The second-order valence-electron chi connectivity index (χ2n) is 4.77. The lowest BCUT2D eigenvalue weighted by atomic mass is 10.1. The average Bonchev–Trinajstić information content (AvgIpc) is 2.52. The Hall–Kier alpha value is -1.66. The van der Waals surface area contributed by atoms with E-state index in [1.165, 1.54) is 5.56 Å². The van der Waals surface area contributed by atoms with Crippen molar-refractivity contribution in [1.82, 2.24) is 0 Å². The van der Waals surface area contributed by atoms with Crippen molar-refractivity contribution >= 4 is 49.7 Å². The first-order valence-electron chi connectivity index (χ1n) is 6.96. The first-order chi connectivity index (χ1) is 11.0. The monoisotopic (exact) mass is 439 g/mol. The number of carboxylic acids is 1. The summed E-state index contributed by atoms with van der Waals surface area (Å²) in [4.78, 5) is 15.0. The highest BCUT2D eigenvalue weighted by atomic mass is 79.9. The minimum Gasteiger partial charge on any atom is -0.480 e. The van der Waals surface area contributed by atoms with Crippen LogP contribution in [0.1, 0.15) is 18.1 Å². The van der Waals surface area contributed by atoms with Gasteiger partial charge in [-0.3, -0.25) is 4.99 Å². The first-order valence-corrected chi connectivity index (χ1v) is 8.55. The number of halogens is 2. The quantitative estimate of drug-likeness (QED) is 0.643. The number of ether oxygens (including phenoxy) is 1. The summed E-state index contributed by atoms with van der Waals surface area (Å²) in [5.41, 5.74) is 3.01. The number of nitrogens with zero attached hydrogens (tertiary/aromatic N) is 1. The second-order valence-corrected chi connectivity index (χ2v) is 6.48. The van der Waals surface area contributed by atoms with Gasteiger partial charge in [0.05, 0.1) is 14.6 Å². The molecule has 0 aliphatic rings. The van der Waals surface area contributed by atoms with Gasteiger partial charge in [0.1, 0.15) is 5.75 Å². The summed E-state index contributed by atoms with van der Waals surface area (Å²) in [6.45, 7) is 1.72. The Labute approximate surface area is 151 Å². The molecule has 0 aliphatic carbocycles. The third-order valence-corrected chi connectivity index (χ3v) is 4.25. The summed E-state index contributed by atoms with van der Waals surface area (Å²) in [7, 11) is 0. The predicted octanol–water partition coefficient (Wildman–Crippen LogP) is 4.99. The fourth-order valence-corrected chi connectivity index (χ4v) is 3.34. The Morgan fingerprint density at radius 2 is 1.83 bits per heavy atom. The maximum Gasteiger partial charge on any atom is 0.341 e. The topological polar surface area (TPSA) is 58.9 Å². The van der Waals surface area contributed by atoms with Gasteiger partial charge in [0.15, 0.2) is 6.61 Å². The van der Waals surface area contributed by atoms with Crippen LogP contribution in [0.15, 0.2) is 50.3 Å². The maximum absolute atomic E-state index is 10.6. The van der Waals surface area contributed by atoms with Gasteiger partial charge in [-0.05, 0) is 73.7 Å². The molecular formula is C17H15Br2NO3. The Kier molecular flexibility index (Phi) is 6.36. The molecular weight excluding hydrogens is 426 g/mol. The van der Waals surface area contributed by atoms with Crippen LogP contribution in [-0.4, -0.2) is 23.9 Å². The molecule has 0 aromatic heterocycles. The zero-order valence-electron chi connectivity index (χ0n) is 12.4. The van der Waals surface area contributed by atoms with Gasteiger partial charge in [-0.15, -0.1) is 0 Å². The van der Waals surface area contributed by atoms with Gasteiger partial charge in [0.25, 0.3) is 0 Å². The predicted molar refractivity (Wildman–Crippen MR) is 98.0 cm³/mol. The van der Waals surface area contributed by atoms with E-state index in [1.54, 1.807) is 6.21 Å². The first kappa shape index (κ1) is 17.7. The molecule has 0 saturated heterocycles. The van der Waals surface area contributed by atoms with Crippen LogP contribution in [0.3, 0.4) is 0 Å². The molecule has 0 fully saturated rings. The highest BCUT2D eigenvalue weighted by Gasteiger charge is 2.10. The molecule has 4 nitrogen and oxygen atoms in total. The van der Waals surface area contributed by atoms with Crippen molar-refractivity contribution in [3.05, 3.63) is 56.5 Å². The van der Waals surface area contributed by atoms with E-state index in [4.69, 9.17) is 9.84 Å². The molecule has 1 N–H and O–H groups in total. The second kappa shape index (κ2) is 8.26. The van der Waals surface area contributed by atoms with Crippen LogP contribution in [0.25, 0.3) is 0 Å². The van der Waals surface area contributed by atoms with Crippen molar-refractivity contribution in [2.75, 3.05) is 6.61 Å². The number of rotatable bonds is 6. The van der Waals surface area contributed by atoms with Crippen molar-refractivity contribution in [1.29, 1.82) is 0 Å². The van der Waals surface area contributed by atoms with Gasteiger partial charge in [-0.2, -0.15) is 0 Å². The van der Waals surface area contributed by atoms with Gasteiger partial charge in [-0.1, -0.05) is 19.1 Å². The molecule has 0 amide bonds. The smallest absolute Gasteiger partial charge is 0.341 e. The largest absolute Gasteiger partial charge is 0.480 e. The molecule has 0 spiro atoms. The number of aryl methyl sites for hydroxylation is 1. The molecule has 120 valence electrons. The van der Waals surface area contributed by atoms with Crippen LogP contribution in [0.4, 0.5) is 5.69 Å². The van der Waals surface area contributed by atoms with Crippen LogP contribution < -0.4 is 4.74 Å². The van der Waals surface area contributed by atoms with Crippen LogP contribution in [0, 0.1) is 0 Å². The van der Waals surface area contributed by atoms with Gasteiger partial charge >= 0.3 is 5.97 Å². The molecule has 0 radical (unpaired) electrons. The summed E-state index contributed by atoms with van der Waals surface area (Å²) < 4.78 is 6.56. The summed E-state index contributed by atoms with van der Waals surface area (Å²) >= 11 is 6.77. The molecule has 2 aromatic rings. The lowest BCUT2D eigenvalue weighted by Gasteiger charge is -2.09. The van der Waals surface area contributed by atoms with Crippen LogP contribution in [0.2, 0.25) is 0 Å². The molecule has 0 saturated carbocycles. The molecule has 0 atom stereocenters. The molecule has 0 aliphatic heterocycles. The SMILES string of the molecule is CCc1ccc(N=Cc2cc(Br)c(OCC(=O)O)c(Br)c2)cc1.